The molecule has 1 unspecified atom stereocenters. The monoisotopic (exact) mass is 527 g/mol. The Morgan fingerprint density at radius 1 is 1.08 bits per heavy atom. The zero-order valence-electron chi connectivity index (χ0n) is 24.9. The molecule has 3 fully saturated rings. The molecule has 0 radical (unpaired) electrons. The first kappa shape index (κ1) is 29.3. The minimum absolute atomic E-state index is 0.0667. The Labute approximate surface area is 231 Å². The Hall–Kier alpha value is -1.73. The average molecular weight is 528 g/mol. The van der Waals surface area contributed by atoms with Crippen molar-refractivity contribution in [2.45, 2.75) is 129 Å². The highest BCUT2D eigenvalue weighted by Gasteiger charge is 2.30. The number of anilines is 1. The summed E-state index contributed by atoms with van der Waals surface area (Å²) >= 11 is 0. The van der Waals surface area contributed by atoms with Gasteiger partial charge in [-0.2, -0.15) is 0 Å². The molecule has 3 aliphatic rings. The van der Waals surface area contributed by atoms with Crippen molar-refractivity contribution in [2.75, 3.05) is 31.1 Å². The molecular formula is C31H53N5O2. The fourth-order valence-corrected chi connectivity index (χ4v) is 6.54. The lowest BCUT2D eigenvalue weighted by atomic mass is 9.85. The van der Waals surface area contributed by atoms with E-state index >= 15 is 0 Å². The SMILES string of the molecule is CC(C)c1cc(N2CCN(CCC3CC[C@H](NC(=O)CC4CCC(O)CC4)C3)C[C@@H]2C)nc(C(C)(C)C)n1. The van der Waals surface area contributed by atoms with E-state index in [1.54, 1.807) is 0 Å². The lowest BCUT2D eigenvalue weighted by molar-refractivity contribution is -0.123. The molecule has 214 valence electrons. The highest BCUT2D eigenvalue weighted by Crippen LogP contribution is 2.31. The molecule has 0 spiro atoms. The minimum Gasteiger partial charge on any atom is -0.393 e. The number of aliphatic hydroxyl groups is 1. The number of hydrogen-bond donors (Lipinski definition) is 2. The van der Waals surface area contributed by atoms with E-state index in [0.29, 0.717) is 36.3 Å². The van der Waals surface area contributed by atoms with Crippen LogP contribution in [0.25, 0.3) is 0 Å². The third-order valence-corrected chi connectivity index (χ3v) is 9.05. The van der Waals surface area contributed by atoms with Gasteiger partial charge in [-0.05, 0) is 82.6 Å². The van der Waals surface area contributed by atoms with Crippen molar-refractivity contribution in [3.8, 4) is 0 Å². The van der Waals surface area contributed by atoms with Gasteiger partial charge in [-0.1, -0.05) is 34.6 Å². The number of piperazine rings is 1. The second-order valence-corrected chi connectivity index (χ2v) is 13.8. The van der Waals surface area contributed by atoms with E-state index in [-0.39, 0.29) is 17.4 Å². The summed E-state index contributed by atoms with van der Waals surface area (Å²) in [7, 11) is 0. The molecule has 2 aliphatic carbocycles. The van der Waals surface area contributed by atoms with Crippen molar-refractivity contribution in [2.24, 2.45) is 11.8 Å². The number of hydrogen-bond acceptors (Lipinski definition) is 6. The molecule has 1 aromatic rings. The lowest BCUT2D eigenvalue weighted by Crippen LogP contribution is -2.52. The van der Waals surface area contributed by atoms with E-state index in [2.05, 4.69) is 62.7 Å². The van der Waals surface area contributed by atoms with Gasteiger partial charge in [0.1, 0.15) is 11.6 Å². The minimum atomic E-state index is -0.151. The molecule has 1 saturated heterocycles. The molecule has 1 aromatic heterocycles. The molecule has 38 heavy (non-hydrogen) atoms. The first-order valence-electron chi connectivity index (χ1n) is 15.3. The van der Waals surface area contributed by atoms with Crippen molar-refractivity contribution >= 4 is 11.7 Å². The summed E-state index contributed by atoms with van der Waals surface area (Å²) in [5.74, 6) is 3.80. The number of nitrogens with zero attached hydrogens (tertiary/aromatic N) is 4. The van der Waals surface area contributed by atoms with Gasteiger partial charge < -0.3 is 15.3 Å². The molecule has 0 bridgehead atoms. The Bertz CT molecular complexity index is 921. The van der Waals surface area contributed by atoms with E-state index in [1.807, 2.05) is 0 Å². The van der Waals surface area contributed by atoms with Crippen molar-refractivity contribution in [3.05, 3.63) is 17.6 Å². The predicted octanol–water partition coefficient (Wildman–Crippen LogP) is 5.02. The summed E-state index contributed by atoms with van der Waals surface area (Å²) in [6.07, 6.45) is 8.86. The third kappa shape index (κ3) is 7.91. The Balaban J connectivity index is 1.22. The second-order valence-electron chi connectivity index (χ2n) is 13.8. The van der Waals surface area contributed by atoms with Crippen LogP contribution in [-0.2, 0) is 10.2 Å². The van der Waals surface area contributed by atoms with Gasteiger partial charge in [-0.25, -0.2) is 9.97 Å². The van der Waals surface area contributed by atoms with Crippen LogP contribution in [0, 0.1) is 11.8 Å². The van der Waals surface area contributed by atoms with Gasteiger partial charge in [0, 0.05) is 55.3 Å². The normalized spacial score (nSPS) is 29.2. The molecule has 3 atom stereocenters. The lowest BCUT2D eigenvalue weighted by Gasteiger charge is -2.41. The summed E-state index contributed by atoms with van der Waals surface area (Å²) in [5.41, 5.74) is 1.07. The van der Waals surface area contributed by atoms with Crippen LogP contribution in [0.2, 0.25) is 0 Å². The van der Waals surface area contributed by atoms with E-state index in [1.165, 1.54) is 12.8 Å². The number of carbonyl (C=O) groups is 1. The predicted molar refractivity (Wildman–Crippen MR) is 155 cm³/mol. The van der Waals surface area contributed by atoms with Gasteiger partial charge in [0.2, 0.25) is 5.91 Å². The quantitative estimate of drug-likeness (QED) is 0.494. The molecule has 7 nitrogen and oxygen atoms in total. The number of nitrogens with one attached hydrogen (secondary N) is 1. The standard InChI is InChI=1S/C31H53N5O2/c1-21(2)27-19-28(34-30(33-27)31(4,5)6)36-16-15-35(20-22(36)3)14-13-24-7-10-25(17-24)32-29(38)18-23-8-11-26(37)12-9-23/h19,21-26,37H,7-18,20H2,1-6H3,(H,32,38)/t22-,23?,24?,25-,26?/m0/s1. The summed E-state index contributed by atoms with van der Waals surface area (Å²) in [6.45, 7) is 17.6. The maximum Gasteiger partial charge on any atom is 0.220 e. The second kappa shape index (κ2) is 12.6. The van der Waals surface area contributed by atoms with Gasteiger partial charge in [0.05, 0.1) is 6.10 Å². The van der Waals surface area contributed by atoms with Crippen molar-refractivity contribution in [1.82, 2.24) is 20.2 Å². The Morgan fingerprint density at radius 3 is 2.45 bits per heavy atom. The number of aromatic nitrogens is 2. The summed E-state index contributed by atoms with van der Waals surface area (Å²) in [5, 5.41) is 13.0. The van der Waals surface area contributed by atoms with E-state index in [0.717, 1.165) is 82.0 Å². The maximum atomic E-state index is 12.6. The van der Waals surface area contributed by atoms with Crippen LogP contribution in [0.5, 0.6) is 0 Å². The van der Waals surface area contributed by atoms with Gasteiger partial charge in [0.15, 0.2) is 0 Å². The largest absolute Gasteiger partial charge is 0.393 e. The summed E-state index contributed by atoms with van der Waals surface area (Å²) < 4.78 is 0. The van der Waals surface area contributed by atoms with Crippen molar-refractivity contribution < 1.29 is 9.90 Å². The van der Waals surface area contributed by atoms with Crippen LogP contribution in [0.4, 0.5) is 5.82 Å². The molecular weight excluding hydrogens is 474 g/mol. The zero-order chi connectivity index (χ0) is 27.4. The van der Waals surface area contributed by atoms with Crippen molar-refractivity contribution in [3.63, 3.8) is 0 Å². The first-order valence-corrected chi connectivity index (χ1v) is 15.3. The highest BCUT2D eigenvalue weighted by atomic mass is 16.3. The first-order chi connectivity index (χ1) is 18.0. The number of rotatable bonds is 8. The van der Waals surface area contributed by atoms with Crippen molar-refractivity contribution in [1.29, 1.82) is 0 Å². The number of amides is 1. The number of carbonyl (C=O) groups excluding carboxylic acids is 1. The smallest absolute Gasteiger partial charge is 0.220 e. The van der Waals surface area contributed by atoms with Crippen LogP contribution in [0.3, 0.4) is 0 Å². The van der Waals surface area contributed by atoms with E-state index in [9.17, 15) is 9.90 Å². The average Bonchev–Trinajstić information content (AvgIpc) is 3.30. The van der Waals surface area contributed by atoms with Crippen LogP contribution in [0.15, 0.2) is 6.07 Å². The fourth-order valence-electron chi connectivity index (χ4n) is 6.54. The molecule has 2 heterocycles. The highest BCUT2D eigenvalue weighted by molar-refractivity contribution is 5.76. The van der Waals surface area contributed by atoms with E-state index < -0.39 is 0 Å². The molecule has 0 aromatic carbocycles. The third-order valence-electron chi connectivity index (χ3n) is 9.05. The molecule has 2 saturated carbocycles. The van der Waals surface area contributed by atoms with Gasteiger partial charge in [-0.3, -0.25) is 9.69 Å². The van der Waals surface area contributed by atoms with Crippen LogP contribution >= 0.6 is 0 Å². The molecule has 1 amide bonds. The summed E-state index contributed by atoms with van der Waals surface area (Å²) in [6, 6.07) is 2.97. The number of aliphatic hydroxyl groups excluding tert-OH is 1. The van der Waals surface area contributed by atoms with E-state index in [4.69, 9.17) is 9.97 Å². The Morgan fingerprint density at radius 2 is 1.79 bits per heavy atom. The maximum absolute atomic E-state index is 12.6. The molecule has 7 heteroatoms. The molecule has 2 N–H and O–H groups in total. The summed E-state index contributed by atoms with van der Waals surface area (Å²) in [4.78, 5) is 27.6. The molecule has 4 rings (SSSR count). The van der Waals surface area contributed by atoms with Crippen LogP contribution in [-0.4, -0.2) is 70.2 Å². The Kier molecular flexibility index (Phi) is 9.72. The zero-order valence-corrected chi connectivity index (χ0v) is 24.9. The fraction of sp³-hybridized carbons (Fsp3) is 0.839. The van der Waals surface area contributed by atoms with Gasteiger partial charge >= 0.3 is 0 Å². The van der Waals surface area contributed by atoms with Crippen LogP contribution < -0.4 is 10.2 Å². The van der Waals surface area contributed by atoms with Crippen LogP contribution in [0.1, 0.15) is 117 Å². The van der Waals surface area contributed by atoms with Gasteiger partial charge in [0.25, 0.3) is 0 Å². The molecule has 1 aliphatic heterocycles. The van der Waals surface area contributed by atoms with Gasteiger partial charge in [-0.15, -0.1) is 0 Å². The topological polar surface area (TPSA) is 81.6 Å².